The molecule has 0 aromatic rings. The molecule has 0 aliphatic carbocycles. The summed E-state index contributed by atoms with van der Waals surface area (Å²) in [4.78, 5) is 0. The maximum absolute atomic E-state index is 11.2. The smallest absolute Gasteiger partial charge is 0.369 e. The van der Waals surface area contributed by atoms with Crippen LogP contribution in [-0.4, -0.2) is 0 Å². The Morgan fingerprint density at radius 2 is 0.556 bits per heavy atom. The van der Waals surface area contributed by atoms with Gasteiger partial charge in [0.05, 0.1) is 0 Å². The van der Waals surface area contributed by atoms with Gasteiger partial charge in [0.25, 0.3) is 0 Å². The molecule has 0 bridgehead atoms. The molecule has 8 N–H and O–H groups in total. The van der Waals surface area contributed by atoms with Gasteiger partial charge in [-0.3, -0.25) is 0 Å². The Morgan fingerprint density at radius 3 is 0.556 bits per heavy atom. The summed E-state index contributed by atoms with van der Waals surface area (Å²) in [6.45, 7) is 0. The van der Waals surface area contributed by atoms with E-state index in [1.54, 1.807) is 0 Å². The third kappa shape index (κ3) is 6910. The standard InChI is InChI=1S/6FH.2H3N.Ti/h6*1H;2*1H3;/q;;;;;;;;+6/p-4. The van der Waals surface area contributed by atoms with Crippen molar-refractivity contribution in [1.82, 2.24) is 12.3 Å². The van der Waals surface area contributed by atoms with Gasteiger partial charge in [-0.1, -0.05) is 0 Å². The van der Waals surface area contributed by atoms with Crippen LogP contribution in [0.15, 0.2) is 0 Å². The molecular weight excluding hydrogens is 190 g/mol. The van der Waals surface area contributed by atoms with Crippen LogP contribution in [0.25, 0.3) is 0 Å². The molecule has 0 atom stereocenters. The summed E-state index contributed by atoms with van der Waals surface area (Å²) in [6.07, 6.45) is 0. The van der Waals surface area contributed by atoms with E-state index in [0.29, 0.717) is 0 Å². The van der Waals surface area contributed by atoms with Crippen molar-refractivity contribution in [2.75, 3.05) is 0 Å². The first-order valence-electron chi connectivity index (χ1n) is 1.13. The molecule has 0 amide bonds. The van der Waals surface area contributed by atoms with Crippen molar-refractivity contribution < 1.29 is 35.8 Å². The molecule has 0 radical (unpaired) electrons. The molecule has 0 aliphatic heterocycles. The molecule has 0 aliphatic rings. The van der Waals surface area contributed by atoms with Crippen molar-refractivity contribution in [3.05, 3.63) is 0 Å². The summed E-state index contributed by atoms with van der Waals surface area (Å²) >= 11 is -11.2. The minimum absolute atomic E-state index is 0. The molecule has 0 aromatic carbocycles. The third-order valence-electron chi connectivity index (χ3n) is 0. The van der Waals surface area contributed by atoms with E-state index >= 15 is 0 Å². The van der Waals surface area contributed by atoms with Crippen molar-refractivity contribution in [1.29, 1.82) is 0 Å². The van der Waals surface area contributed by atoms with Crippen LogP contribution < -0.4 is 12.3 Å². The molecule has 9 heavy (non-hydrogen) atoms. The Balaban J connectivity index is -0.000000180. The number of halogens is 6. The first kappa shape index (κ1) is 16.1. The van der Waals surface area contributed by atoms with Crippen LogP contribution in [0.2, 0.25) is 0 Å². The van der Waals surface area contributed by atoms with Gasteiger partial charge < -0.3 is 12.3 Å². The second-order valence-electron chi connectivity index (χ2n) is 1.07. The van der Waals surface area contributed by atoms with Crippen molar-refractivity contribution in [2.24, 2.45) is 0 Å². The first-order chi connectivity index (χ1) is 2.45. The molecule has 62 valence electrons. The van der Waals surface area contributed by atoms with Gasteiger partial charge in [-0.05, 0) is 0 Å². The van der Waals surface area contributed by atoms with Crippen molar-refractivity contribution in [3.63, 3.8) is 0 Å². The summed E-state index contributed by atoms with van der Waals surface area (Å²) < 4.78 is 59.5. The van der Waals surface area contributed by atoms with E-state index < -0.39 is 17.2 Å². The maximum atomic E-state index is 9.92. The largest absolute Gasteiger partial charge is 0.369 e. The van der Waals surface area contributed by atoms with E-state index in [0.717, 1.165) is 0 Å². The van der Waals surface area contributed by atoms with E-state index in [1.807, 2.05) is 0 Å². The number of rotatable bonds is 0. The van der Waals surface area contributed by atoms with Crippen LogP contribution in [0, 0.1) is 0 Å². The minimum atomic E-state index is -11.2. The summed E-state index contributed by atoms with van der Waals surface area (Å²) in [5.74, 6) is 0. The van der Waals surface area contributed by atoms with Gasteiger partial charge in [0, 0.05) is 0 Å². The zero-order valence-corrected chi connectivity index (χ0v) is 6.33. The van der Waals surface area contributed by atoms with Crippen LogP contribution in [0.5, 0.6) is 0 Å². The van der Waals surface area contributed by atoms with Gasteiger partial charge >= 0.3 is 35.8 Å². The van der Waals surface area contributed by atoms with Crippen LogP contribution in [0.4, 0.5) is 18.6 Å². The van der Waals surface area contributed by atoms with Crippen molar-refractivity contribution >= 4 is 0 Å². The van der Waals surface area contributed by atoms with Gasteiger partial charge in [-0.25, -0.2) is 0 Å². The zero-order chi connectivity index (χ0) is 6.41. The molecule has 0 aromatic heterocycles. The van der Waals surface area contributed by atoms with E-state index in [-0.39, 0.29) is 12.3 Å². The van der Waals surface area contributed by atoms with E-state index in [2.05, 4.69) is 0 Å². The Morgan fingerprint density at radius 1 is 0.556 bits per heavy atom. The first-order valence-corrected chi connectivity index (χ1v) is 4.68. The fraction of sp³-hybridized carbons (Fsp3) is 0. The van der Waals surface area contributed by atoms with E-state index in [1.165, 1.54) is 0 Å². The van der Waals surface area contributed by atoms with Gasteiger partial charge in [-0.15, -0.1) is 0 Å². The fourth-order valence-electron chi connectivity index (χ4n) is 0. The molecule has 0 heterocycles. The van der Waals surface area contributed by atoms with Crippen LogP contribution >= 0.6 is 0 Å². The third-order valence-corrected chi connectivity index (χ3v) is 0. The Kier molecular flexibility index (Phi) is 3.30. The molecule has 0 saturated heterocycles. The predicted molar refractivity (Wildman–Crippen MR) is 18.6 cm³/mol. The zero-order valence-electron chi connectivity index (χ0n) is 4.77. The minimum Gasteiger partial charge on any atom is -0.369 e. The van der Waals surface area contributed by atoms with Gasteiger partial charge in [-0.2, -0.15) is 0 Å². The summed E-state index contributed by atoms with van der Waals surface area (Å²) in [6, 6.07) is 0. The monoisotopic (exact) mass is 198 g/mol. The second-order valence-corrected chi connectivity index (χ2v) is 4.42. The molecule has 0 rings (SSSR count). The van der Waals surface area contributed by atoms with Crippen LogP contribution in [0.1, 0.15) is 0 Å². The quantitative estimate of drug-likeness (QED) is 0.442. The number of hydrogen-bond acceptors (Lipinski definition) is 0. The topological polar surface area (TPSA) is 73.0 Å². The second kappa shape index (κ2) is 1.85. The average Bonchev–Trinajstić information content (AvgIpc) is 0.592. The Hall–Kier alpha value is 0.214. The number of quaternary nitrogens is 2. The average molecular weight is 198 g/mol. The fourth-order valence-corrected chi connectivity index (χ4v) is 0. The predicted octanol–water partition coefficient (Wildman–Crippen LogP) is 3.27. The van der Waals surface area contributed by atoms with Crippen LogP contribution in [0.3, 0.4) is 0 Å². The van der Waals surface area contributed by atoms with Crippen LogP contribution in [-0.2, 0) is 17.2 Å². The summed E-state index contributed by atoms with van der Waals surface area (Å²) in [5.41, 5.74) is 0. The number of hydrogen-bond donors (Lipinski definition) is 2. The Bertz CT molecular complexity index is 69.6. The van der Waals surface area contributed by atoms with Gasteiger partial charge in [0.2, 0.25) is 0 Å². The molecular formula is H8F6N2Ti+2. The van der Waals surface area contributed by atoms with Gasteiger partial charge in [0.15, 0.2) is 0 Å². The normalized spacial score (nSPS) is 18.0. The maximum Gasteiger partial charge on any atom is -0.369 e. The SMILES string of the molecule is [F][Ti]([F])([F])([F])([F])[F].[NH4+].[NH4+]. The molecule has 2 nitrogen and oxygen atoms in total. The molecule has 0 saturated carbocycles. The Labute approximate surface area is 48.9 Å². The van der Waals surface area contributed by atoms with Gasteiger partial charge in [0.1, 0.15) is 0 Å². The van der Waals surface area contributed by atoms with Crippen molar-refractivity contribution in [3.8, 4) is 0 Å². The molecule has 9 heteroatoms. The van der Waals surface area contributed by atoms with Crippen molar-refractivity contribution in [2.45, 2.75) is 0 Å². The molecule has 0 fully saturated rings. The molecule has 0 unspecified atom stereocenters. The summed E-state index contributed by atoms with van der Waals surface area (Å²) in [7, 11) is 0. The summed E-state index contributed by atoms with van der Waals surface area (Å²) in [5, 5.41) is 0. The van der Waals surface area contributed by atoms with E-state index in [9.17, 15) is 18.6 Å². The molecule has 0 spiro atoms. The van der Waals surface area contributed by atoms with E-state index in [4.69, 9.17) is 0 Å².